The zero-order valence-corrected chi connectivity index (χ0v) is 19.7. The van der Waals surface area contributed by atoms with Gasteiger partial charge >= 0.3 is 0 Å². The summed E-state index contributed by atoms with van der Waals surface area (Å²) in [7, 11) is 0. The number of hydrogen-bond donors (Lipinski definition) is 0. The van der Waals surface area contributed by atoms with E-state index in [1.807, 2.05) is 42.6 Å². The quantitative estimate of drug-likeness (QED) is 0.280. The zero-order valence-electron chi connectivity index (χ0n) is 18.1. The monoisotopic (exact) mass is 489 g/mol. The fourth-order valence-electron chi connectivity index (χ4n) is 6.52. The fourth-order valence-corrected chi connectivity index (χ4v) is 6.84. The molecule has 3 aromatic rings. The summed E-state index contributed by atoms with van der Waals surface area (Å²) in [6.07, 6.45) is 9.15. The van der Waals surface area contributed by atoms with Crippen LogP contribution in [0.3, 0.4) is 0 Å². The third-order valence-electron chi connectivity index (χ3n) is 8.11. The van der Waals surface area contributed by atoms with Crippen molar-refractivity contribution < 1.29 is 9.59 Å². The summed E-state index contributed by atoms with van der Waals surface area (Å²) in [5.74, 6) is 0.798. The summed E-state index contributed by atoms with van der Waals surface area (Å²) in [6, 6.07) is 13.6. The highest BCUT2D eigenvalue weighted by Crippen LogP contribution is 2.65. The Kier molecular flexibility index (Phi) is 4.40. The van der Waals surface area contributed by atoms with Crippen molar-refractivity contribution in [3.8, 4) is 0 Å². The molecule has 4 aliphatic carbocycles. The number of allylic oxidation sites excluding steroid dienone is 2. The molecule has 2 heterocycles. The van der Waals surface area contributed by atoms with E-state index >= 15 is 0 Å². The number of fused-ring (bicyclic) bond motifs is 1. The molecule has 0 spiro atoms. The molecule has 7 heteroatoms. The Balaban J connectivity index is 1.20. The number of amides is 2. The number of carbonyl (C=O) groups is 2. The summed E-state index contributed by atoms with van der Waals surface area (Å²) >= 11 is 12.3. The molecule has 1 aliphatic heterocycles. The first-order chi connectivity index (χ1) is 16.5. The maximum atomic E-state index is 13.2. The predicted molar refractivity (Wildman–Crippen MR) is 132 cm³/mol. The van der Waals surface area contributed by atoms with E-state index in [0.717, 1.165) is 33.5 Å². The highest BCUT2D eigenvalue weighted by Gasteiger charge is 2.67. The number of hydrazone groups is 1. The van der Waals surface area contributed by atoms with Crippen molar-refractivity contribution in [3.05, 3.63) is 82.0 Å². The number of hydrogen-bond acceptors (Lipinski definition) is 3. The van der Waals surface area contributed by atoms with Gasteiger partial charge in [0.2, 0.25) is 0 Å². The van der Waals surface area contributed by atoms with Crippen molar-refractivity contribution in [1.29, 1.82) is 0 Å². The summed E-state index contributed by atoms with van der Waals surface area (Å²) in [5, 5.41) is 7.63. The lowest BCUT2D eigenvalue weighted by Crippen LogP contribution is -2.40. The molecule has 3 fully saturated rings. The van der Waals surface area contributed by atoms with Gasteiger partial charge < -0.3 is 4.57 Å². The van der Waals surface area contributed by atoms with E-state index in [1.165, 1.54) is 0 Å². The van der Waals surface area contributed by atoms with Crippen LogP contribution in [0.2, 0.25) is 10.0 Å². The third-order valence-corrected chi connectivity index (χ3v) is 8.85. The Morgan fingerprint density at radius 3 is 2.35 bits per heavy atom. The molecule has 0 unspecified atom stereocenters. The SMILES string of the molecule is O=C1[C@H]2[C@@H]3C=C[C@H]([C@H]4C[C@H]34)[C@@H]2C(=O)N1/N=C\c1cn(Cc2ccc(Cl)c(Cl)c2)c2ccccc12. The summed E-state index contributed by atoms with van der Waals surface area (Å²) in [5.41, 5.74) is 2.91. The molecule has 170 valence electrons. The molecule has 1 aromatic heterocycles. The van der Waals surface area contributed by atoms with Crippen LogP contribution in [0.25, 0.3) is 10.9 Å². The first-order valence-electron chi connectivity index (χ1n) is 11.6. The number of imide groups is 1. The van der Waals surface area contributed by atoms with Crippen molar-refractivity contribution in [3.63, 3.8) is 0 Å². The van der Waals surface area contributed by atoms with Gasteiger partial charge in [0.05, 0.1) is 28.1 Å². The largest absolute Gasteiger partial charge is 0.342 e. The second kappa shape index (κ2) is 7.30. The lowest BCUT2D eigenvalue weighted by molar-refractivity contribution is -0.140. The third kappa shape index (κ3) is 2.90. The molecule has 6 atom stereocenters. The van der Waals surface area contributed by atoms with Crippen LogP contribution in [0.15, 0.2) is 65.9 Å². The Morgan fingerprint density at radius 2 is 1.65 bits per heavy atom. The van der Waals surface area contributed by atoms with Crippen molar-refractivity contribution >= 4 is 52.1 Å². The summed E-state index contributed by atoms with van der Waals surface area (Å²) in [4.78, 5) is 26.4. The molecule has 1 saturated heterocycles. The highest BCUT2D eigenvalue weighted by molar-refractivity contribution is 6.42. The Bertz CT molecular complexity index is 1400. The Hall–Kier alpha value is -2.89. The molecule has 2 amide bonds. The molecule has 0 N–H and O–H groups in total. The molecule has 2 bridgehead atoms. The van der Waals surface area contributed by atoms with Gasteiger partial charge in [-0.05, 0) is 53.9 Å². The van der Waals surface area contributed by atoms with Gasteiger partial charge in [-0.25, -0.2) is 0 Å². The van der Waals surface area contributed by atoms with Gasteiger partial charge in [0.25, 0.3) is 11.8 Å². The van der Waals surface area contributed by atoms with Crippen molar-refractivity contribution in [2.45, 2.75) is 13.0 Å². The average molecular weight is 490 g/mol. The van der Waals surface area contributed by atoms with E-state index in [4.69, 9.17) is 23.2 Å². The van der Waals surface area contributed by atoms with E-state index < -0.39 is 0 Å². The molecule has 5 nitrogen and oxygen atoms in total. The van der Waals surface area contributed by atoms with Crippen LogP contribution in [0.1, 0.15) is 17.5 Å². The molecule has 0 radical (unpaired) electrons. The predicted octanol–water partition coefficient (Wildman–Crippen LogP) is 5.38. The maximum absolute atomic E-state index is 13.2. The maximum Gasteiger partial charge on any atom is 0.254 e. The number of aromatic nitrogens is 1. The second-order valence-corrected chi connectivity index (χ2v) is 10.7. The minimum absolute atomic E-state index is 0.143. The van der Waals surface area contributed by atoms with Gasteiger partial charge in [-0.1, -0.05) is 59.6 Å². The van der Waals surface area contributed by atoms with Gasteiger partial charge in [0.1, 0.15) is 0 Å². The van der Waals surface area contributed by atoms with Crippen LogP contribution < -0.4 is 0 Å². The molecule has 2 saturated carbocycles. The fraction of sp³-hybridized carbons (Fsp3) is 0.296. The van der Waals surface area contributed by atoms with Gasteiger partial charge in [-0.2, -0.15) is 10.1 Å². The van der Waals surface area contributed by atoms with E-state index in [2.05, 4.69) is 21.8 Å². The molecule has 8 rings (SSSR count). The molecule has 2 aromatic carbocycles. The lowest BCUT2D eigenvalue weighted by atomic mass is 9.63. The first kappa shape index (κ1) is 20.5. The first-order valence-corrected chi connectivity index (χ1v) is 12.4. The van der Waals surface area contributed by atoms with Crippen LogP contribution in [-0.2, 0) is 16.1 Å². The van der Waals surface area contributed by atoms with Gasteiger partial charge in [-0.3, -0.25) is 9.59 Å². The van der Waals surface area contributed by atoms with Crippen LogP contribution in [0, 0.1) is 35.5 Å². The highest BCUT2D eigenvalue weighted by atomic mass is 35.5. The average Bonchev–Trinajstić information content (AvgIpc) is 3.55. The van der Waals surface area contributed by atoms with E-state index in [1.54, 1.807) is 12.3 Å². The number of para-hydroxylation sites is 1. The number of nitrogens with zero attached hydrogens (tertiary/aromatic N) is 3. The molecule has 34 heavy (non-hydrogen) atoms. The van der Waals surface area contributed by atoms with Crippen LogP contribution in [-0.4, -0.2) is 27.6 Å². The normalized spacial score (nSPS) is 31.1. The van der Waals surface area contributed by atoms with E-state index in [9.17, 15) is 9.59 Å². The van der Waals surface area contributed by atoms with Gasteiger partial charge in [0, 0.05) is 29.2 Å². The molecule has 5 aliphatic rings. The number of carbonyl (C=O) groups excluding carboxylic acids is 2. The van der Waals surface area contributed by atoms with Crippen LogP contribution in [0.4, 0.5) is 0 Å². The number of halogens is 2. The summed E-state index contributed by atoms with van der Waals surface area (Å²) < 4.78 is 2.11. The molecular weight excluding hydrogens is 469 g/mol. The standard InChI is InChI=1S/C27H21Cl2N3O2/c28-21-8-5-14(9-22(21)29)12-31-13-15(16-3-1-2-4-23(16)31)11-30-32-26(33)24-17-6-7-18(20-10-19(17)20)25(24)27(32)34/h1-9,11,13,17-20,24-25H,10,12H2/b30-11-/t17-,18-,19-,20-,24+,25+/m1/s1. The summed E-state index contributed by atoms with van der Waals surface area (Å²) in [6.45, 7) is 0.606. The smallest absolute Gasteiger partial charge is 0.254 e. The number of benzene rings is 2. The van der Waals surface area contributed by atoms with Crippen LogP contribution >= 0.6 is 23.2 Å². The lowest BCUT2D eigenvalue weighted by Gasteiger charge is -2.37. The minimum atomic E-state index is -0.237. The number of rotatable bonds is 4. The topological polar surface area (TPSA) is 54.7 Å². The van der Waals surface area contributed by atoms with E-state index in [0.29, 0.717) is 28.4 Å². The zero-order chi connectivity index (χ0) is 23.1. The Labute approximate surface area is 206 Å². The second-order valence-electron chi connectivity index (χ2n) is 9.87. The van der Waals surface area contributed by atoms with Crippen molar-refractivity contribution in [2.75, 3.05) is 0 Å². The Morgan fingerprint density at radius 1 is 0.941 bits per heavy atom. The molecular formula is C27H21Cl2N3O2. The van der Waals surface area contributed by atoms with Gasteiger partial charge in [0.15, 0.2) is 0 Å². The van der Waals surface area contributed by atoms with Crippen molar-refractivity contribution in [1.82, 2.24) is 9.58 Å². The van der Waals surface area contributed by atoms with Crippen molar-refractivity contribution in [2.24, 2.45) is 40.6 Å². The van der Waals surface area contributed by atoms with Crippen LogP contribution in [0.5, 0.6) is 0 Å². The van der Waals surface area contributed by atoms with E-state index in [-0.39, 0.29) is 35.5 Å². The minimum Gasteiger partial charge on any atom is -0.342 e. The van der Waals surface area contributed by atoms with Gasteiger partial charge in [-0.15, -0.1) is 0 Å².